The molecule has 0 spiro atoms. The van der Waals surface area contributed by atoms with Gasteiger partial charge in [-0.25, -0.2) is 4.39 Å². The summed E-state index contributed by atoms with van der Waals surface area (Å²) >= 11 is 4.88. The number of nitrogens with one attached hydrogen (secondary N) is 1. The van der Waals surface area contributed by atoms with E-state index >= 15 is 0 Å². The van der Waals surface area contributed by atoms with Crippen molar-refractivity contribution in [2.24, 2.45) is 0 Å². The van der Waals surface area contributed by atoms with Crippen LogP contribution in [0.5, 0.6) is 0 Å². The maximum absolute atomic E-state index is 13.4. The fraction of sp³-hybridized carbons (Fsp3) is 0.231. The lowest BCUT2D eigenvalue weighted by Gasteiger charge is -2.10. The number of hydrogen-bond acceptors (Lipinski definition) is 2. The summed E-state index contributed by atoms with van der Waals surface area (Å²) in [5, 5.41) is 7.47. The van der Waals surface area contributed by atoms with Gasteiger partial charge in [0.1, 0.15) is 5.82 Å². The van der Waals surface area contributed by atoms with Crippen LogP contribution in [-0.2, 0) is 6.42 Å². The molecule has 0 unspecified atom stereocenters. The van der Waals surface area contributed by atoms with E-state index in [0.717, 1.165) is 24.2 Å². The second-order valence-electron chi connectivity index (χ2n) is 3.89. The standard InChI is InChI=1S/C13H13BrFNS/c1-9-6-11(14)12(15)7-13(9)16-4-2-10-3-5-17-8-10/h3,5-8,16H,2,4H2,1H3. The van der Waals surface area contributed by atoms with Crippen LogP contribution in [-0.4, -0.2) is 6.54 Å². The van der Waals surface area contributed by atoms with Crippen LogP contribution in [0.2, 0.25) is 0 Å². The van der Waals surface area contributed by atoms with Gasteiger partial charge in [0.05, 0.1) is 4.47 Å². The van der Waals surface area contributed by atoms with Gasteiger partial charge in [0.25, 0.3) is 0 Å². The Bertz CT molecular complexity index is 496. The molecule has 1 aromatic heterocycles. The maximum atomic E-state index is 13.4. The molecule has 4 heteroatoms. The van der Waals surface area contributed by atoms with Crippen molar-refractivity contribution in [2.75, 3.05) is 11.9 Å². The van der Waals surface area contributed by atoms with E-state index < -0.39 is 0 Å². The van der Waals surface area contributed by atoms with Crippen molar-refractivity contribution in [1.29, 1.82) is 0 Å². The van der Waals surface area contributed by atoms with Gasteiger partial charge in [-0.1, -0.05) is 0 Å². The second kappa shape index (κ2) is 5.65. The van der Waals surface area contributed by atoms with Crippen LogP contribution in [0, 0.1) is 12.7 Å². The molecule has 0 aliphatic rings. The van der Waals surface area contributed by atoms with Crippen molar-refractivity contribution < 1.29 is 4.39 Å². The molecule has 0 aliphatic heterocycles. The Kier molecular flexibility index (Phi) is 4.18. The molecule has 2 rings (SSSR count). The fourth-order valence-corrected chi connectivity index (χ4v) is 2.77. The number of anilines is 1. The third kappa shape index (κ3) is 3.30. The van der Waals surface area contributed by atoms with E-state index in [2.05, 4.69) is 38.1 Å². The van der Waals surface area contributed by atoms with E-state index in [1.807, 2.05) is 6.92 Å². The molecule has 1 N–H and O–H groups in total. The van der Waals surface area contributed by atoms with Gasteiger partial charge < -0.3 is 5.32 Å². The molecule has 0 bridgehead atoms. The summed E-state index contributed by atoms with van der Waals surface area (Å²) in [5.41, 5.74) is 3.22. The molecule has 0 atom stereocenters. The van der Waals surface area contributed by atoms with Gasteiger partial charge in [-0.3, -0.25) is 0 Å². The highest BCUT2D eigenvalue weighted by Gasteiger charge is 2.04. The molecule has 1 nitrogen and oxygen atoms in total. The van der Waals surface area contributed by atoms with Gasteiger partial charge in [-0.05, 0) is 69.4 Å². The van der Waals surface area contributed by atoms with Crippen LogP contribution in [0.4, 0.5) is 10.1 Å². The Balaban J connectivity index is 1.97. The molecule has 0 saturated carbocycles. The van der Waals surface area contributed by atoms with Crippen molar-refractivity contribution in [3.05, 3.63) is 50.4 Å². The summed E-state index contributed by atoms with van der Waals surface area (Å²) < 4.78 is 13.9. The molecular formula is C13H13BrFNS. The number of aryl methyl sites for hydroxylation is 1. The highest BCUT2D eigenvalue weighted by Crippen LogP contribution is 2.23. The Morgan fingerprint density at radius 1 is 1.41 bits per heavy atom. The summed E-state index contributed by atoms with van der Waals surface area (Å²) in [4.78, 5) is 0. The minimum absolute atomic E-state index is 0.228. The monoisotopic (exact) mass is 313 g/mol. The zero-order chi connectivity index (χ0) is 12.3. The average molecular weight is 314 g/mol. The number of rotatable bonds is 4. The highest BCUT2D eigenvalue weighted by molar-refractivity contribution is 9.10. The highest BCUT2D eigenvalue weighted by atomic mass is 79.9. The topological polar surface area (TPSA) is 12.0 Å². The molecule has 0 amide bonds. The summed E-state index contributed by atoms with van der Waals surface area (Å²) in [7, 11) is 0. The van der Waals surface area contributed by atoms with Crippen LogP contribution >= 0.6 is 27.3 Å². The first kappa shape index (κ1) is 12.6. The quantitative estimate of drug-likeness (QED) is 0.869. The molecule has 1 heterocycles. The predicted molar refractivity (Wildman–Crippen MR) is 75.3 cm³/mol. The Hall–Kier alpha value is -0.870. The summed E-state index contributed by atoms with van der Waals surface area (Å²) in [6.45, 7) is 2.79. The van der Waals surface area contributed by atoms with E-state index in [9.17, 15) is 4.39 Å². The molecule has 17 heavy (non-hydrogen) atoms. The Labute approximate surface area is 113 Å². The van der Waals surface area contributed by atoms with Crippen molar-refractivity contribution in [3.63, 3.8) is 0 Å². The Morgan fingerprint density at radius 2 is 2.24 bits per heavy atom. The number of benzene rings is 1. The molecule has 1 aromatic carbocycles. The number of hydrogen-bond donors (Lipinski definition) is 1. The molecule has 0 saturated heterocycles. The lowest BCUT2D eigenvalue weighted by atomic mass is 10.2. The predicted octanol–water partition coefficient (Wildman–Crippen LogP) is 4.61. The van der Waals surface area contributed by atoms with Crippen molar-refractivity contribution in [1.82, 2.24) is 0 Å². The fourth-order valence-electron chi connectivity index (χ4n) is 1.61. The minimum Gasteiger partial charge on any atom is -0.384 e. The molecule has 2 aromatic rings. The Morgan fingerprint density at radius 3 is 2.94 bits per heavy atom. The molecule has 0 fully saturated rings. The smallest absolute Gasteiger partial charge is 0.139 e. The van der Waals surface area contributed by atoms with E-state index in [0.29, 0.717) is 4.47 Å². The van der Waals surface area contributed by atoms with Crippen LogP contribution < -0.4 is 5.32 Å². The zero-order valence-electron chi connectivity index (χ0n) is 9.47. The van der Waals surface area contributed by atoms with Gasteiger partial charge in [0.2, 0.25) is 0 Å². The van der Waals surface area contributed by atoms with Gasteiger partial charge in [0.15, 0.2) is 0 Å². The normalized spacial score (nSPS) is 10.5. The van der Waals surface area contributed by atoms with E-state index in [1.54, 1.807) is 17.4 Å². The largest absolute Gasteiger partial charge is 0.384 e. The summed E-state index contributed by atoms with van der Waals surface area (Å²) in [6, 6.07) is 5.44. The minimum atomic E-state index is -0.228. The third-order valence-corrected chi connectivity index (χ3v) is 3.92. The lowest BCUT2D eigenvalue weighted by Crippen LogP contribution is -2.06. The van der Waals surface area contributed by atoms with Gasteiger partial charge >= 0.3 is 0 Å². The zero-order valence-corrected chi connectivity index (χ0v) is 11.9. The second-order valence-corrected chi connectivity index (χ2v) is 5.52. The van der Waals surface area contributed by atoms with E-state index in [-0.39, 0.29) is 5.82 Å². The van der Waals surface area contributed by atoms with Gasteiger partial charge in [-0.15, -0.1) is 0 Å². The van der Waals surface area contributed by atoms with E-state index in [4.69, 9.17) is 0 Å². The molecule has 0 aliphatic carbocycles. The van der Waals surface area contributed by atoms with Crippen molar-refractivity contribution in [2.45, 2.75) is 13.3 Å². The SMILES string of the molecule is Cc1cc(Br)c(F)cc1NCCc1ccsc1. The molecule has 0 radical (unpaired) electrons. The van der Waals surface area contributed by atoms with Crippen LogP contribution in [0.15, 0.2) is 33.4 Å². The first-order chi connectivity index (χ1) is 8.16. The first-order valence-electron chi connectivity index (χ1n) is 5.37. The summed E-state index contributed by atoms with van der Waals surface area (Å²) in [5.74, 6) is -0.228. The molecule has 90 valence electrons. The van der Waals surface area contributed by atoms with Gasteiger partial charge in [0, 0.05) is 12.2 Å². The lowest BCUT2D eigenvalue weighted by molar-refractivity contribution is 0.621. The van der Waals surface area contributed by atoms with Crippen molar-refractivity contribution in [3.8, 4) is 0 Å². The molecular weight excluding hydrogens is 301 g/mol. The van der Waals surface area contributed by atoms with Gasteiger partial charge in [-0.2, -0.15) is 11.3 Å². The van der Waals surface area contributed by atoms with Crippen LogP contribution in [0.1, 0.15) is 11.1 Å². The van der Waals surface area contributed by atoms with Crippen LogP contribution in [0.3, 0.4) is 0 Å². The summed E-state index contributed by atoms with van der Waals surface area (Å²) in [6.07, 6.45) is 0.959. The average Bonchev–Trinajstić information content (AvgIpc) is 2.78. The van der Waals surface area contributed by atoms with Crippen LogP contribution in [0.25, 0.3) is 0 Å². The first-order valence-corrected chi connectivity index (χ1v) is 7.11. The third-order valence-electron chi connectivity index (χ3n) is 2.58. The van der Waals surface area contributed by atoms with Crippen molar-refractivity contribution >= 4 is 33.0 Å². The number of thiophene rings is 1. The van der Waals surface area contributed by atoms with E-state index in [1.165, 1.54) is 11.6 Å². The number of halogens is 2. The maximum Gasteiger partial charge on any atom is 0.139 e.